The molecule has 1 aliphatic rings. The normalized spacial score (nSPS) is 20.0. The Morgan fingerprint density at radius 2 is 1.71 bits per heavy atom. The van der Waals surface area contributed by atoms with Crippen LogP contribution in [0.1, 0.15) is 54.6 Å². The molecule has 1 amide bonds. The van der Waals surface area contributed by atoms with Crippen molar-refractivity contribution in [2.45, 2.75) is 50.1 Å². The van der Waals surface area contributed by atoms with Crippen molar-refractivity contribution in [1.29, 1.82) is 0 Å². The number of alkyl halides is 2. The zero-order chi connectivity index (χ0) is 18.0. The van der Waals surface area contributed by atoms with Gasteiger partial charge in [-0.3, -0.25) is 4.79 Å². The molecule has 24 heavy (non-hydrogen) atoms. The number of nitrogens with one attached hydrogen (secondary N) is 1. The highest BCUT2D eigenvalue weighted by molar-refractivity contribution is 5.89. The average molecular weight is 340 g/mol. The highest BCUT2D eigenvalue weighted by atomic mass is 19.3. The van der Waals surface area contributed by atoms with Crippen LogP contribution in [-0.4, -0.2) is 30.4 Å². The van der Waals surface area contributed by atoms with E-state index in [1.807, 2.05) is 0 Å². The SMILES string of the molecule is COC(=O)c1ccc(C(C)NC(=O)C2(N)CCC(F)(F)CC2)cc1. The van der Waals surface area contributed by atoms with Crippen molar-refractivity contribution in [1.82, 2.24) is 5.32 Å². The summed E-state index contributed by atoms with van der Waals surface area (Å²) in [6.07, 6.45) is -0.835. The first-order valence-corrected chi connectivity index (χ1v) is 7.83. The van der Waals surface area contributed by atoms with Gasteiger partial charge in [0.2, 0.25) is 11.8 Å². The molecule has 1 atom stereocenters. The summed E-state index contributed by atoms with van der Waals surface area (Å²) < 4.78 is 31.1. The van der Waals surface area contributed by atoms with Crippen LogP contribution in [0.4, 0.5) is 8.78 Å². The van der Waals surface area contributed by atoms with Gasteiger partial charge in [0.1, 0.15) is 0 Å². The van der Waals surface area contributed by atoms with Gasteiger partial charge in [-0.05, 0) is 37.5 Å². The van der Waals surface area contributed by atoms with Crippen molar-refractivity contribution in [3.8, 4) is 0 Å². The highest BCUT2D eigenvalue weighted by Gasteiger charge is 2.45. The van der Waals surface area contributed by atoms with Crippen LogP contribution >= 0.6 is 0 Å². The maximum absolute atomic E-state index is 13.2. The van der Waals surface area contributed by atoms with E-state index in [9.17, 15) is 18.4 Å². The van der Waals surface area contributed by atoms with Gasteiger partial charge in [-0.15, -0.1) is 0 Å². The smallest absolute Gasteiger partial charge is 0.337 e. The Balaban J connectivity index is 2.00. The molecule has 0 heterocycles. The second-order valence-corrected chi connectivity index (χ2v) is 6.32. The van der Waals surface area contributed by atoms with Crippen LogP contribution in [0.3, 0.4) is 0 Å². The van der Waals surface area contributed by atoms with E-state index in [1.165, 1.54) is 7.11 Å². The molecule has 1 unspecified atom stereocenters. The van der Waals surface area contributed by atoms with Crippen LogP contribution in [-0.2, 0) is 9.53 Å². The van der Waals surface area contributed by atoms with Gasteiger partial charge in [0.15, 0.2) is 0 Å². The number of ether oxygens (including phenoxy) is 1. The van der Waals surface area contributed by atoms with Gasteiger partial charge < -0.3 is 15.8 Å². The number of nitrogens with two attached hydrogens (primary N) is 1. The molecule has 0 aliphatic heterocycles. The van der Waals surface area contributed by atoms with Gasteiger partial charge >= 0.3 is 5.97 Å². The minimum Gasteiger partial charge on any atom is -0.465 e. The summed E-state index contributed by atoms with van der Waals surface area (Å²) in [6, 6.07) is 6.25. The zero-order valence-corrected chi connectivity index (χ0v) is 13.8. The number of halogens is 2. The summed E-state index contributed by atoms with van der Waals surface area (Å²) in [5.41, 5.74) is 5.95. The summed E-state index contributed by atoms with van der Waals surface area (Å²) in [4.78, 5) is 23.8. The molecule has 7 heteroatoms. The van der Waals surface area contributed by atoms with Crippen molar-refractivity contribution >= 4 is 11.9 Å². The number of carbonyl (C=O) groups excluding carboxylic acids is 2. The van der Waals surface area contributed by atoms with Crippen molar-refractivity contribution < 1.29 is 23.1 Å². The number of benzene rings is 1. The first-order chi connectivity index (χ1) is 11.2. The van der Waals surface area contributed by atoms with Gasteiger partial charge in [0, 0.05) is 12.8 Å². The highest BCUT2D eigenvalue weighted by Crippen LogP contribution is 2.37. The first-order valence-electron chi connectivity index (χ1n) is 7.83. The fourth-order valence-electron chi connectivity index (χ4n) is 2.74. The fraction of sp³-hybridized carbons (Fsp3) is 0.529. The zero-order valence-electron chi connectivity index (χ0n) is 13.8. The van der Waals surface area contributed by atoms with Gasteiger partial charge in [-0.1, -0.05) is 12.1 Å². The van der Waals surface area contributed by atoms with E-state index >= 15 is 0 Å². The number of carbonyl (C=O) groups is 2. The molecule has 132 valence electrons. The summed E-state index contributed by atoms with van der Waals surface area (Å²) in [6.45, 7) is 1.77. The Morgan fingerprint density at radius 3 is 2.21 bits per heavy atom. The van der Waals surface area contributed by atoms with Crippen LogP contribution in [0, 0.1) is 0 Å². The minimum absolute atomic E-state index is 0.0418. The second kappa shape index (κ2) is 6.84. The molecule has 0 radical (unpaired) electrons. The Bertz CT molecular complexity index is 607. The van der Waals surface area contributed by atoms with Gasteiger partial charge in [-0.2, -0.15) is 0 Å². The summed E-state index contributed by atoms with van der Waals surface area (Å²) >= 11 is 0. The van der Waals surface area contributed by atoms with E-state index < -0.39 is 23.3 Å². The van der Waals surface area contributed by atoms with Crippen LogP contribution < -0.4 is 11.1 Å². The van der Waals surface area contributed by atoms with Crippen LogP contribution in [0.2, 0.25) is 0 Å². The van der Waals surface area contributed by atoms with E-state index in [0.29, 0.717) is 5.56 Å². The predicted molar refractivity (Wildman–Crippen MR) is 84.7 cm³/mol. The fourth-order valence-corrected chi connectivity index (χ4v) is 2.74. The van der Waals surface area contributed by atoms with Crippen molar-refractivity contribution in [3.05, 3.63) is 35.4 Å². The molecule has 1 saturated carbocycles. The van der Waals surface area contributed by atoms with Gasteiger partial charge in [0.05, 0.1) is 24.3 Å². The molecule has 0 bridgehead atoms. The molecule has 2 rings (SSSR count). The standard InChI is InChI=1S/C17H22F2N2O3/c1-11(12-3-5-13(6-4-12)14(22)24-2)21-15(23)16(20)7-9-17(18,19)10-8-16/h3-6,11H,7-10,20H2,1-2H3,(H,21,23). The van der Waals surface area contributed by atoms with E-state index in [0.717, 1.165) is 5.56 Å². The maximum atomic E-state index is 13.2. The minimum atomic E-state index is -2.74. The summed E-state index contributed by atoms with van der Waals surface area (Å²) in [5.74, 6) is -3.61. The monoisotopic (exact) mass is 340 g/mol. The number of amides is 1. The number of hydrogen-bond acceptors (Lipinski definition) is 4. The Hall–Kier alpha value is -2.02. The van der Waals surface area contributed by atoms with Crippen LogP contribution in [0.15, 0.2) is 24.3 Å². The number of rotatable bonds is 4. The summed E-state index contributed by atoms with van der Waals surface area (Å²) in [7, 11) is 1.30. The molecule has 1 aromatic carbocycles. The number of esters is 1. The quantitative estimate of drug-likeness (QED) is 0.826. The van der Waals surface area contributed by atoms with E-state index in [-0.39, 0.29) is 31.7 Å². The molecule has 1 aromatic rings. The average Bonchev–Trinajstić information content (AvgIpc) is 2.57. The number of methoxy groups -OCH3 is 1. The predicted octanol–water partition coefficient (Wildman–Crippen LogP) is 2.56. The second-order valence-electron chi connectivity index (χ2n) is 6.32. The third-order valence-corrected chi connectivity index (χ3v) is 4.51. The Kier molecular flexibility index (Phi) is 5.22. The molecule has 3 N–H and O–H groups in total. The lowest BCUT2D eigenvalue weighted by Crippen LogP contribution is -2.57. The largest absolute Gasteiger partial charge is 0.465 e. The third kappa shape index (κ3) is 4.08. The Morgan fingerprint density at radius 1 is 1.17 bits per heavy atom. The molecule has 0 spiro atoms. The van der Waals surface area contributed by atoms with E-state index in [2.05, 4.69) is 10.1 Å². The molecule has 1 fully saturated rings. The summed E-state index contributed by atoms with van der Waals surface area (Å²) in [5, 5.41) is 2.77. The molecule has 0 saturated heterocycles. The van der Waals surface area contributed by atoms with Crippen LogP contribution in [0.5, 0.6) is 0 Å². The molecule has 0 aromatic heterocycles. The number of hydrogen-bond donors (Lipinski definition) is 2. The van der Waals surface area contributed by atoms with Crippen molar-refractivity contribution in [3.63, 3.8) is 0 Å². The van der Waals surface area contributed by atoms with Crippen molar-refractivity contribution in [2.75, 3.05) is 7.11 Å². The van der Waals surface area contributed by atoms with Gasteiger partial charge in [-0.25, -0.2) is 13.6 Å². The van der Waals surface area contributed by atoms with E-state index in [1.54, 1.807) is 31.2 Å². The molecule has 5 nitrogen and oxygen atoms in total. The molecular formula is C17H22F2N2O3. The van der Waals surface area contributed by atoms with Crippen LogP contribution in [0.25, 0.3) is 0 Å². The first kappa shape index (κ1) is 18.3. The molecule has 1 aliphatic carbocycles. The topological polar surface area (TPSA) is 81.4 Å². The lowest BCUT2D eigenvalue weighted by Gasteiger charge is -2.36. The molecular weight excluding hydrogens is 318 g/mol. The lowest BCUT2D eigenvalue weighted by atomic mass is 9.80. The Labute approximate surface area is 139 Å². The van der Waals surface area contributed by atoms with Gasteiger partial charge in [0.25, 0.3) is 0 Å². The maximum Gasteiger partial charge on any atom is 0.337 e. The van der Waals surface area contributed by atoms with E-state index in [4.69, 9.17) is 5.73 Å². The third-order valence-electron chi connectivity index (χ3n) is 4.51. The lowest BCUT2D eigenvalue weighted by molar-refractivity contribution is -0.132. The van der Waals surface area contributed by atoms with Crippen molar-refractivity contribution in [2.24, 2.45) is 5.73 Å².